The molecule has 94 valence electrons. The number of aromatic nitrogens is 3. The molecule has 0 amide bonds. The van der Waals surface area contributed by atoms with Crippen molar-refractivity contribution >= 4 is 17.6 Å². The molecule has 0 aliphatic rings. The van der Waals surface area contributed by atoms with Crippen molar-refractivity contribution in [2.75, 3.05) is 0 Å². The fourth-order valence-corrected chi connectivity index (χ4v) is 1.86. The summed E-state index contributed by atoms with van der Waals surface area (Å²) in [7, 11) is 0. The highest BCUT2D eigenvalue weighted by Gasteiger charge is 2.08. The van der Waals surface area contributed by atoms with Gasteiger partial charge in [0.1, 0.15) is 12.2 Å². The molecule has 0 atom stereocenters. The number of hydrogen-bond acceptors (Lipinski definition) is 3. The predicted molar refractivity (Wildman–Crippen MR) is 67.1 cm³/mol. The van der Waals surface area contributed by atoms with Crippen molar-refractivity contribution in [2.45, 2.75) is 19.8 Å². The number of rotatable bonds is 4. The standard InChI is InChI=1S/C12H12ClN3O2/c1-8-14-7-15-16(8)11-6-9(2-4-10(11)13)3-5-12(17)18/h2,4,6-7H,3,5H2,1H3,(H,17,18). The number of aryl methyl sites for hydroxylation is 2. The molecule has 0 saturated carbocycles. The number of hydrogen-bond donors (Lipinski definition) is 1. The largest absolute Gasteiger partial charge is 0.481 e. The van der Waals surface area contributed by atoms with Gasteiger partial charge in [0.25, 0.3) is 0 Å². The summed E-state index contributed by atoms with van der Waals surface area (Å²) in [6, 6.07) is 5.41. The van der Waals surface area contributed by atoms with Crippen LogP contribution in [-0.2, 0) is 11.2 Å². The lowest BCUT2D eigenvalue weighted by Crippen LogP contribution is -2.02. The highest BCUT2D eigenvalue weighted by molar-refractivity contribution is 6.32. The Kier molecular flexibility index (Phi) is 3.62. The Morgan fingerprint density at radius 3 is 2.89 bits per heavy atom. The van der Waals surface area contributed by atoms with Crippen molar-refractivity contribution in [1.29, 1.82) is 0 Å². The van der Waals surface area contributed by atoms with Gasteiger partial charge in [-0.1, -0.05) is 17.7 Å². The maximum Gasteiger partial charge on any atom is 0.303 e. The summed E-state index contributed by atoms with van der Waals surface area (Å²) < 4.78 is 1.63. The summed E-state index contributed by atoms with van der Waals surface area (Å²) in [5.74, 6) is -0.0873. The molecule has 1 aromatic heterocycles. The molecule has 0 aliphatic heterocycles. The van der Waals surface area contributed by atoms with Crippen LogP contribution in [0.25, 0.3) is 5.69 Å². The highest BCUT2D eigenvalue weighted by Crippen LogP contribution is 2.22. The van der Waals surface area contributed by atoms with Gasteiger partial charge in [-0.3, -0.25) is 4.79 Å². The van der Waals surface area contributed by atoms with E-state index in [4.69, 9.17) is 16.7 Å². The van der Waals surface area contributed by atoms with Gasteiger partial charge >= 0.3 is 5.97 Å². The molecule has 0 spiro atoms. The number of carboxylic acid groups (broad SMARTS) is 1. The maximum absolute atomic E-state index is 10.6. The normalized spacial score (nSPS) is 10.6. The van der Waals surface area contributed by atoms with E-state index >= 15 is 0 Å². The summed E-state index contributed by atoms with van der Waals surface area (Å²) in [5.41, 5.74) is 1.63. The Morgan fingerprint density at radius 1 is 1.50 bits per heavy atom. The van der Waals surface area contributed by atoms with E-state index in [1.807, 2.05) is 19.1 Å². The molecule has 0 radical (unpaired) electrons. The van der Waals surface area contributed by atoms with Crippen LogP contribution in [-0.4, -0.2) is 25.8 Å². The summed E-state index contributed by atoms with van der Waals surface area (Å²) in [6.07, 6.45) is 2.01. The van der Waals surface area contributed by atoms with Crippen LogP contribution in [0.5, 0.6) is 0 Å². The quantitative estimate of drug-likeness (QED) is 0.921. The summed E-state index contributed by atoms with van der Waals surface area (Å²) in [6.45, 7) is 1.83. The van der Waals surface area contributed by atoms with Crippen LogP contribution >= 0.6 is 11.6 Å². The Balaban J connectivity index is 2.33. The number of carboxylic acids is 1. The minimum Gasteiger partial charge on any atom is -0.481 e. The van der Waals surface area contributed by atoms with E-state index < -0.39 is 5.97 Å². The van der Waals surface area contributed by atoms with Gasteiger partial charge in [0.2, 0.25) is 0 Å². The van der Waals surface area contributed by atoms with Crippen molar-refractivity contribution in [3.8, 4) is 5.69 Å². The molecule has 5 nitrogen and oxygen atoms in total. The molecule has 6 heteroatoms. The van der Waals surface area contributed by atoms with Crippen molar-refractivity contribution in [2.24, 2.45) is 0 Å². The van der Waals surface area contributed by atoms with Gasteiger partial charge in [0.05, 0.1) is 10.7 Å². The van der Waals surface area contributed by atoms with Crippen molar-refractivity contribution in [3.63, 3.8) is 0 Å². The Hall–Kier alpha value is -1.88. The first-order valence-electron chi connectivity index (χ1n) is 5.45. The van der Waals surface area contributed by atoms with E-state index in [0.29, 0.717) is 11.4 Å². The molecule has 1 N–H and O–H groups in total. The second kappa shape index (κ2) is 5.18. The molecule has 0 saturated heterocycles. The van der Waals surface area contributed by atoms with Crippen LogP contribution in [0.3, 0.4) is 0 Å². The molecule has 1 heterocycles. The lowest BCUT2D eigenvalue weighted by Gasteiger charge is -2.08. The zero-order valence-corrected chi connectivity index (χ0v) is 10.6. The zero-order valence-electron chi connectivity index (χ0n) is 9.80. The number of nitrogens with zero attached hydrogens (tertiary/aromatic N) is 3. The van der Waals surface area contributed by atoms with E-state index in [9.17, 15) is 4.79 Å². The zero-order chi connectivity index (χ0) is 13.1. The first-order chi connectivity index (χ1) is 8.58. The van der Waals surface area contributed by atoms with Gasteiger partial charge in [0, 0.05) is 6.42 Å². The second-order valence-corrected chi connectivity index (χ2v) is 4.31. The molecular formula is C12H12ClN3O2. The summed E-state index contributed by atoms with van der Waals surface area (Å²) in [4.78, 5) is 14.6. The van der Waals surface area contributed by atoms with E-state index in [0.717, 1.165) is 17.1 Å². The van der Waals surface area contributed by atoms with Gasteiger partial charge in [-0.25, -0.2) is 9.67 Å². The molecule has 0 fully saturated rings. The molecular weight excluding hydrogens is 254 g/mol. The van der Waals surface area contributed by atoms with Crippen molar-refractivity contribution in [1.82, 2.24) is 14.8 Å². The minimum atomic E-state index is -0.816. The fourth-order valence-electron chi connectivity index (χ4n) is 1.66. The Morgan fingerprint density at radius 2 is 2.28 bits per heavy atom. The molecule has 0 aliphatic carbocycles. The van der Waals surface area contributed by atoms with E-state index in [-0.39, 0.29) is 6.42 Å². The SMILES string of the molecule is Cc1ncnn1-c1cc(CCC(=O)O)ccc1Cl. The monoisotopic (exact) mass is 265 g/mol. The third kappa shape index (κ3) is 2.68. The third-order valence-electron chi connectivity index (χ3n) is 2.58. The smallest absolute Gasteiger partial charge is 0.303 e. The van der Waals surface area contributed by atoms with Gasteiger partial charge < -0.3 is 5.11 Å². The number of halogens is 1. The number of benzene rings is 1. The first-order valence-corrected chi connectivity index (χ1v) is 5.83. The van der Waals surface area contributed by atoms with Crippen LogP contribution in [0, 0.1) is 6.92 Å². The van der Waals surface area contributed by atoms with E-state index in [1.54, 1.807) is 10.7 Å². The van der Waals surface area contributed by atoms with Crippen molar-refractivity contribution in [3.05, 3.63) is 40.9 Å². The predicted octanol–water partition coefficient (Wildman–Crippen LogP) is 2.25. The van der Waals surface area contributed by atoms with Crippen LogP contribution in [0.1, 0.15) is 17.8 Å². The Labute approximate surface area is 109 Å². The Bertz CT molecular complexity index is 580. The molecule has 18 heavy (non-hydrogen) atoms. The van der Waals surface area contributed by atoms with Crippen LogP contribution in [0.4, 0.5) is 0 Å². The average Bonchev–Trinajstić information content (AvgIpc) is 2.74. The molecule has 1 aromatic carbocycles. The van der Waals surface area contributed by atoms with Gasteiger partial charge in [-0.05, 0) is 31.0 Å². The maximum atomic E-state index is 10.6. The van der Waals surface area contributed by atoms with Crippen LogP contribution in [0.2, 0.25) is 5.02 Å². The third-order valence-corrected chi connectivity index (χ3v) is 2.90. The highest BCUT2D eigenvalue weighted by atomic mass is 35.5. The second-order valence-electron chi connectivity index (χ2n) is 3.90. The van der Waals surface area contributed by atoms with Gasteiger partial charge in [-0.2, -0.15) is 5.10 Å². The van der Waals surface area contributed by atoms with Crippen LogP contribution in [0.15, 0.2) is 24.5 Å². The molecule has 2 rings (SSSR count). The van der Waals surface area contributed by atoms with E-state index in [2.05, 4.69) is 10.1 Å². The molecule has 0 bridgehead atoms. The number of aliphatic carboxylic acids is 1. The summed E-state index contributed by atoms with van der Waals surface area (Å²) in [5, 5.41) is 13.3. The molecule has 0 unspecified atom stereocenters. The van der Waals surface area contributed by atoms with Crippen molar-refractivity contribution < 1.29 is 9.90 Å². The average molecular weight is 266 g/mol. The summed E-state index contributed by atoms with van der Waals surface area (Å²) >= 11 is 6.12. The number of carbonyl (C=O) groups is 1. The lowest BCUT2D eigenvalue weighted by molar-refractivity contribution is -0.136. The van der Waals surface area contributed by atoms with Gasteiger partial charge in [0.15, 0.2) is 0 Å². The topological polar surface area (TPSA) is 68.0 Å². The van der Waals surface area contributed by atoms with E-state index in [1.165, 1.54) is 6.33 Å². The minimum absolute atomic E-state index is 0.0947. The van der Waals surface area contributed by atoms with Gasteiger partial charge in [-0.15, -0.1) is 0 Å². The fraction of sp³-hybridized carbons (Fsp3) is 0.250. The first kappa shape index (κ1) is 12.6. The molecule has 2 aromatic rings. The lowest BCUT2D eigenvalue weighted by atomic mass is 10.1. The van der Waals surface area contributed by atoms with Crippen LogP contribution < -0.4 is 0 Å².